The zero-order valence-corrected chi connectivity index (χ0v) is 19.2. The maximum atomic E-state index is 13.1. The molecule has 164 valence electrons. The van der Waals surface area contributed by atoms with Crippen molar-refractivity contribution in [2.75, 3.05) is 44.4 Å². The summed E-state index contributed by atoms with van der Waals surface area (Å²) in [7, 11) is 1.66. The molecule has 1 atom stereocenters. The van der Waals surface area contributed by atoms with Crippen LogP contribution in [0.1, 0.15) is 29.5 Å². The normalized spacial score (nSPS) is 23.1. The quantitative estimate of drug-likeness (QED) is 0.496. The van der Waals surface area contributed by atoms with E-state index in [1.54, 1.807) is 24.9 Å². The fourth-order valence-electron chi connectivity index (χ4n) is 4.15. The standard InChI is InChI=1S/C21H24N4O4S2/c1-13-15(10-17-20(27)25(21(30)31-17)12-14-4-3-7-29-14)18(24-5-8-28-9-6-24)23(2)19(26)16(13)11-22/h10,14H,3-9,12H2,1-2H3/b17-10-/t14-/m1/s1. The van der Waals surface area contributed by atoms with Gasteiger partial charge in [-0.25, -0.2) is 0 Å². The molecule has 0 N–H and O–H groups in total. The van der Waals surface area contributed by atoms with E-state index in [0.29, 0.717) is 65.6 Å². The highest BCUT2D eigenvalue weighted by atomic mass is 32.2. The highest BCUT2D eigenvalue weighted by molar-refractivity contribution is 8.26. The molecule has 31 heavy (non-hydrogen) atoms. The summed E-state index contributed by atoms with van der Waals surface area (Å²) in [6.07, 6.45) is 3.69. The zero-order valence-electron chi connectivity index (χ0n) is 17.5. The van der Waals surface area contributed by atoms with E-state index in [2.05, 4.69) is 4.90 Å². The van der Waals surface area contributed by atoms with Gasteiger partial charge >= 0.3 is 0 Å². The van der Waals surface area contributed by atoms with Crippen LogP contribution in [0.2, 0.25) is 0 Å². The minimum atomic E-state index is -0.343. The van der Waals surface area contributed by atoms with Crippen LogP contribution >= 0.6 is 24.0 Å². The second kappa shape index (κ2) is 9.12. The van der Waals surface area contributed by atoms with E-state index in [4.69, 9.17) is 21.7 Å². The molecule has 3 aliphatic heterocycles. The number of pyridine rings is 1. The first kappa shape index (κ1) is 22.0. The molecule has 8 nitrogen and oxygen atoms in total. The average Bonchev–Trinajstić information content (AvgIpc) is 3.37. The lowest BCUT2D eigenvalue weighted by molar-refractivity contribution is -0.123. The molecule has 4 rings (SSSR count). The number of aromatic nitrogens is 1. The Morgan fingerprint density at radius 1 is 1.29 bits per heavy atom. The molecular weight excluding hydrogens is 436 g/mol. The predicted octanol–water partition coefficient (Wildman–Crippen LogP) is 1.78. The number of rotatable bonds is 4. The van der Waals surface area contributed by atoms with E-state index in [9.17, 15) is 14.9 Å². The van der Waals surface area contributed by atoms with Crippen molar-refractivity contribution in [2.24, 2.45) is 7.05 Å². The Hall–Kier alpha value is -2.19. The number of carbonyl (C=O) groups excluding carboxylic acids is 1. The van der Waals surface area contributed by atoms with Crippen molar-refractivity contribution in [3.8, 4) is 6.07 Å². The van der Waals surface area contributed by atoms with Crippen LogP contribution in [-0.4, -0.2) is 65.3 Å². The third-order valence-electron chi connectivity index (χ3n) is 5.84. The molecule has 3 fully saturated rings. The Labute approximate surface area is 190 Å². The molecule has 3 aliphatic rings. The van der Waals surface area contributed by atoms with Gasteiger partial charge in [0.25, 0.3) is 11.5 Å². The molecule has 0 aliphatic carbocycles. The number of hydrogen-bond acceptors (Lipinski definition) is 8. The summed E-state index contributed by atoms with van der Waals surface area (Å²) < 4.78 is 13.1. The van der Waals surface area contributed by atoms with E-state index < -0.39 is 0 Å². The van der Waals surface area contributed by atoms with Gasteiger partial charge in [0, 0.05) is 32.3 Å². The Morgan fingerprint density at radius 2 is 2.03 bits per heavy atom. The fraction of sp³-hybridized carbons (Fsp3) is 0.524. The summed E-state index contributed by atoms with van der Waals surface area (Å²) >= 11 is 6.72. The van der Waals surface area contributed by atoms with Crippen LogP contribution in [0, 0.1) is 18.3 Å². The first-order chi connectivity index (χ1) is 14.9. The Morgan fingerprint density at radius 3 is 2.68 bits per heavy atom. The molecule has 1 aromatic heterocycles. The second-order valence-corrected chi connectivity index (χ2v) is 9.42. The Kier molecular flexibility index (Phi) is 6.48. The third kappa shape index (κ3) is 4.15. The number of carbonyl (C=O) groups is 1. The van der Waals surface area contributed by atoms with Gasteiger partial charge in [0.05, 0.1) is 30.8 Å². The number of nitriles is 1. The number of amides is 1. The SMILES string of the molecule is Cc1c(/C=C2\SC(=S)N(C[C@H]3CCCO3)C2=O)c(N2CCOCC2)n(C)c(=O)c1C#N. The minimum Gasteiger partial charge on any atom is -0.378 e. The van der Waals surface area contributed by atoms with Crippen molar-refractivity contribution in [3.05, 3.63) is 31.9 Å². The molecule has 0 radical (unpaired) electrons. The topological polar surface area (TPSA) is 87.8 Å². The van der Waals surface area contributed by atoms with Gasteiger partial charge < -0.3 is 14.4 Å². The monoisotopic (exact) mass is 460 g/mol. The van der Waals surface area contributed by atoms with Crippen LogP contribution in [0.15, 0.2) is 9.70 Å². The zero-order chi connectivity index (χ0) is 22.1. The van der Waals surface area contributed by atoms with Crippen LogP contribution in [0.25, 0.3) is 6.08 Å². The Bertz CT molecular complexity index is 1050. The van der Waals surface area contributed by atoms with Gasteiger partial charge in [0.2, 0.25) is 0 Å². The maximum absolute atomic E-state index is 13.1. The van der Waals surface area contributed by atoms with Crippen molar-refractivity contribution >= 4 is 46.1 Å². The van der Waals surface area contributed by atoms with E-state index >= 15 is 0 Å². The van der Waals surface area contributed by atoms with Crippen LogP contribution in [0.5, 0.6) is 0 Å². The van der Waals surface area contributed by atoms with Crippen molar-refractivity contribution in [1.29, 1.82) is 5.26 Å². The van der Waals surface area contributed by atoms with Crippen LogP contribution in [-0.2, 0) is 21.3 Å². The molecule has 1 amide bonds. The van der Waals surface area contributed by atoms with E-state index in [1.807, 2.05) is 6.07 Å². The maximum Gasteiger partial charge on any atom is 0.270 e. The molecular formula is C21H24N4O4S2. The fourth-order valence-corrected chi connectivity index (χ4v) is 5.41. The lowest BCUT2D eigenvalue weighted by Crippen LogP contribution is -2.40. The molecule has 0 bridgehead atoms. The van der Waals surface area contributed by atoms with Crippen molar-refractivity contribution in [3.63, 3.8) is 0 Å². The van der Waals surface area contributed by atoms with Crippen LogP contribution in [0.3, 0.4) is 0 Å². The van der Waals surface area contributed by atoms with E-state index in [1.165, 1.54) is 16.3 Å². The summed E-state index contributed by atoms with van der Waals surface area (Å²) in [6.45, 7) is 5.27. The third-order valence-corrected chi connectivity index (χ3v) is 7.22. The molecule has 1 aromatic rings. The summed E-state index contributed by atoms with van der Waals surface area (Å²) in [5.74, 6) is 0.527. The smallest absolute Gasteiger partial charge is 0.270 e. The molecule has 0 spiro atoms. The van der Waals surface area contributed by atoms with Crippen molar-refractivity contribution < 1.29 is 14.3 Å². The second-order valence-electron chi connectivity index (χ2n) is 7.74. The first-order valence-corrected chi connectivity index (χ1v) is 11.5. The van der Waals surface area contributed by atoms with Crippen molar-refractivity contribution in [1.82, 2.24) is 9.47 Å². The molecule has 0 unspecified atom stereocenters. The highest BCUT2D eigenvalue weighted by Crippen LogP contribution is 2.36. The van der Waals surface area contributed by atoms with Crippen LogP contribution < -0.4 is 10.5 Å². The largest absolute Gasteiger partial charge is 0.378 e. The van der Waals surface area contributed by atoms with Gasteiger partial charge in [-0.15, -0.1) is 0 Å². The lowest BCUT2D eigenvalue weighted by atomic mass is 10.0. The number of morpholine rings is 1. The molecule has 3 saturated heterocycles. The number of thioether (sulfide) groups is 1. The molecule has 0 saturated carbocycles. The number of hydrogen-bond donors (Lipinski definition) is 0. The van der Waals surface area contributed by atoms with Crippen LogP contribution in [0.4, 0.5) is 5.82 Å². The summed E-state index contributed by atoms with van der Waals surface area (Å²) in [5.41, 5.74) is 1.000. The summed E-state index contributed by atoms with van der Waals surface area (Å²) in [6, 6.07) is 2.03. The number of ether oxygens (including phenoxy) is 2. The van der Waals surface area contributed by atoms with Crippen molar-refractivity contribution in [2.45, 2.75) is 25.9 Å². The van der Waals surface area contributed by atoms with E-state index in [0.717, 1.165) is 12.8 Å². The highest BCUT2D eigenvalue weighted by Gasteiger charge is 2.35. The molecule has 4 heterocycles. The van der Waals surface area contributed by atoms with E-state index in [-0.39, 0.29) is 23.1 Å². The average molecular weight is 461 g/mol. The minimum absolute atomic E-state index is 0.00948. The van der Waals surface area contributed by atoms with Gasteiger partial charge in [-0.1, -0.05) is 24.0 Å². The predicted molar refractivity (Wildman–Crippen MR) is 123 cm³/mol. The van der Waals surface area contributed by atoms with Gasteiger partial charge in [-0.3, -0.25) is 19.1 Å². The van der Waals surface area contributed by atoms with Gasteiger partial charge in [-0.2, -0.15) is 5.26 Å². The van der Waals surface area contributed by atoms with Gasteiger partial charge in [0.1, 0.15) is 21.8 Å². The summed E-state index contributed by atoms with van der Waals surface area (Å²) in [4.78, 5) is 30.1. The molecule has 10 heteroatoms. The number of thiocarbonyl (C=S) groups is 1. The first-order valence-electron chi connectivity index (χ1n) is 10.3. The Balaban J connectivity index is 1.76. The lowest BCUT2D eigenvalue weighted by Gasteiger charge is -2.32. The summed E-state index contributed by atoms with van der Waals surface area (Å²) in [5, 5.41) is 9.57. The number of nitrogens with zero attached hydrogens (tertiary/aromatic N) is 4. The number of anilines is 1. The van der Waals surface area contributed by atoms with Gasteiger partial charge in [0.15, 0.2) is 0 Å². The molecule has 0 aromatic carbocycles. The van der Waals surface area contributed by atoms with Gasteiger partial charge in [-0.05, 0) is 31.4 Å².